The number of fused-ring (bicyclic) bond motifs is 1. The van der Waals surface area contributed by atoms with Gasteiger partial charge in [0.2, 0.25) is 6.79 Å². The minimum Gasteiger partial charge on any atom is -0.454 e. The quantitative estimate of drug-likeness (QED) is 0.847. The van der Waals surface area contributed by atoms with Gasteiger partial charge < -0.3 is 24.3 Å². The third-order valence-electron chi connectivity index (χ3n) is 3.52. The second kappa shape index (κ2) is 7.30. The van der Waals surface area contributed by atoms with Crippen LogP contribution in [0.3, 0.4) is 0 Å². The van der Waals surface area contributed by atoms with Crippen LogP contribution in [-0.2, 0) is 11.3 Å². The van der Waals surface area contributed by atoms with Crippen molar-refractivity contribution in [3.63, 3.8) is 0 Å². The first kappa shape index (κ1) is 18.8. The molecule has 1 aliphatic rings. The molecule has 144 valence electrons. The van der Waals surface area contributed by atoms with Crippen molar-refractivity contribution in [1.29, 1.82) is 0 Å². The summed E-state index contributed by atoms with van der Waals surface area (Å²) >= 11 is 0. The number of benzene rings is 2. The lowest BCUT2D eigenvalue weighted by atomic mass is 10.2. The number of hydrogen-bond acceptors (Lipinski definition) is 5. The molecule has 27 heavy (non-hydrogen) atoms. The standard InChI is InChI=1S/C19H19F2NO5/c1-19(2,3)27-18(23)22-9-11-4-6-13(20)17(16(11)21)26-12-5-7-14-15(8-12)25-10-24-14/h4-8H,9-10H2,1-3H3,(H,22,23). The number of halogens is 2. The van der Waals surface area contributed by atoms with Gasteiger partial charge in [-0.25, -0.2) is 13.6 Å². The molecule has 0 atom stereocenters. The third-order valence-corrected chi connectivity index (χ3v) is 3.52. The number of nitrogens with one attached hydrogen (secondary N) is 1. The van der Waals surface area contributed by atoms with Crippen molar-refractivity contribution in [1.82, 2.24) is 5.32 Å². The number of carbonyl (C=O) groups excluding carboxylic acids is 1. The zero-order chi connectivity index (χ0) is 19.6. The molecule has 0 radical (unpaired) electrons. The highest BCUT2D eigenvalue weighted by molar-refractivity contribution is 5.67. The first-order valence-electron chi connectivity index (χ1n) is 8.24. The molecule has 3 rings (SSSR count). The molecular formula is C19H19F2NO5. The molecule has 0 saturated heterocycles. The molecule has 1 N–H and O–H groups in total. The summed E-state index contributed by atoms with van der Waals surface area (Å²) in [7, 11) is 0. The van der Waals surface area contributed by atoms with E-state index < -0.39 is 29.1 Å². The van der Waals surface area contributed by atoms with Gasteiger partial charge in [0.15, 0.2) is 28.9 Å². The van der Waals surface area contributed by atoms with Crippen LogP contribution in [0.1, 0.15) is 26.3 Å². The lowest BCUT2D eigenvalue weighted by molar-refractivity contribution is 0.0523. The lowest BCUT2D eigenvalue weighted by Crippen LogP contribution is -2.32. The van der Waals surface area contributed by atoms with E-state index in [0.29, 0.717) is 11.5 Å². The fourth-order valence-electron chi connectivity index (χ4n) is 2.34. The third kappa shape index (κ3) is 4.58. The summed E-state index contributed by atoms with van der Waals surface area (Å²) in [5, 5.41) is 2.43. The van der Waals surface area contributed by atoms with Crippen LogP contribution in [-0.4, -0.2) is 18.5 Å². The van der Waals surface area contributed by atoms with Crippen molar-refractivity contribution in [2.24, 2.45) is 0 Å². The van der Waals surface area contributed by atoms with Crippen LogP contribution in [0, 0.1) is 11.6 Å². The summed E-state index contributed by atoms with van der Waals surface area (Å²) in [5.74, 6) is -1.21. The van der Waals surface area contributed by atoms with E-state index in [-0.39, 0.29) is 24.7 Å². The molecule has 2 aromatic rings. The average Bonchev–Trinajstić information content (AvgIpc) is 3.04. The number of carbonyl (C=O) groups is 1. The Labute approximate surface area is 155 Å². The van der Waals surface area contributed by atoms with Crippen LogP contribution in [0.15, 0.2) is 30.3 Å². The van der Waals surface area contributed by atoms with Gasteiger partial charge in [-0.15, -0.1) is 0 Å². The van der Waals surface area contributed by atoms with E-state index in [9.17, 15) is 13.6 Å². The molecule has 8 heteroatoms. The Hall–Kier alpha value is -3.03. The van der Waals surface area contributed by atoms with E-state index in [1.165, 1.54) is 18.2 Å². The Kier molecular flexibility index (Phi) is 5.07. The summed E-state index contributed by atoms with van der Waals surface area (Å²) in [6.45, 7) is 5.03. The highest BCUT2D eigenvalue weighted by atomic mass is 19.1. The predicted octanol–water partition coefficient (Wildman–Crippen LogP) is 4.51. The molecule has 1 amide bonds. The van der Waals surface area contributed by atoms with Crippen LogP contribution in [0.2, 0.25) is 0 Å². The molecule has 1 aliphatic heterocycles. The van der Waals surface area contributed by atoms with Crippen LogP contribution in [0.25, 0.3) is 0 Å². The smallest absolute Gasteiger partial charge is 0.407 e. The minimum absolute atomic E-state index is 0.0537. The Morgan fingerprint density at radius 1 is 1.15 bits per heavy atom. The second-order valence-corrected chi connectivity index (χ2v) is 6.82. The molecule has 2 aromatic carbocycles. The second-order valence-electron chi connectivity index (χ2n) is 6.82. The van der Waals surface area contributed by atoms with Gasteiger partial charge in [0.1, 0.15) is 11.4 Å². The van der Waals surface area contributed by atoms with Crippen molar-refractivity contribution < 1.29 is 32.5 Å². The van der Waals surface area contributed by atoms with E-state index in [1.54, 1.807) is 26.8 Å². The van der Waals surface area contributed by atoms with Gasteiger partial charge in [-0.1, -0.05) is 6.07 Å². The Balaban J connectivity index is 1.74. The molecule has 0 bridgehead atoms. The van der Waals surface area contributed by atoms with Gasteiger partial charge in [0.05, 0.1) is 0 Å². The van der Waals surface area contributed by atoms with Gasteiger partial charge in [0.25, 0.3) is 0 Å². The molecule has 6 nitrogen and oxygen atoms in total. The van der Waals surface area contributed by atoms with Gasteiger partial charge >= 0.3 is 6.09 Å². The normalized spacial score (nSPS) is 12.6. The number of amides is 1. The Morgan fingerprint density at radius 3 is 2.63 bits per heavy atom. The van der Waals surface area contributed by atoms with E-state index in [2.05, 4.69) is 5.32 Å². The Bertz CT molecular complexity index is 864. The molecule has 0 saturated carbocycles. The number of alkyl carbamates (subject to hydrolysis) is 1. The number of rotatable bonds is 4. The molecule has 0 unspecified atom stereocenters. The summed E-state index contributed by atoms with van der Waals surface area (Å²) in [4.78, 5) is 11.7. The van der Waals surface area contributed by atoms with Gasteiger partial charge in [-0.05, 0) is 39.0 Å². The van der Waals surface area contributed by atoms with Crippen molar-refractivity contribution in [2.75, 3.05) is 6.79 Å². The molecule has 0 aliphatic carbocycles. The van der Waals surface area contributed by atoms with E-state index >= 15 is 0 Å². The summed E-state index contributed by atoms with van der Waals surface area (Å²) in [6.07, 6.45) is -0.704. The first-order chi connectivity index (χ1) is 12.7. The fourth-order valence-corrected chi connectivity index (χ4v) is 2.34. The maximum Gasteiger partial charge on any atom is 0.407 e. The highest BCUT2D eigenvalue weighted by Gasteiger charge is 2.20. The van der Waals surface area contributed by atoms with Crippen LogP contribution in [0.4, 0.5) is 13.6 Å². The van der Waals surface area contributed by atoms with Crippen LogP contribution < -0.4 is 19.5 Å². The Morgan fingerprint density at radius 2 is 1.89 bits per heavy atom. The fraction of sp³-hybridized carbons (Fsp3) is 0.316. The summed E-state index contributed by atoms with van der Waals surface area (Å²) in [6, 6.07) is 6.87. The van der Waals surface area contributed by atoms with Crippen molar-refractivity contribution in [3.05, 3.63) is 47.5 Å². The molecular weight excluding hydrogens is 360 g/mol. The monoisotopic (exact) mass is 379 g/mol. The summed E-state index contributed by atoms with van der Waals surface area (Å²) < 4.78 is 49.6. The van der Waals surface area contributed by atoms with Gasteiger partial charge in [0, 0.05) is 18.2 Å². The van der Waals surface area contributed by atoms with E-state index in [4.69, 9.17) is 18.9 Å². The number of ether oxygens (including phenoxy) is 4. The number of hydrogen-bond donors (Lipinski definition) is 1. The molecule has 0 aromatic heterocycles. The van der Waals surface area contributed by atoms with Crippen molar-refractivity contribution in [3.8, 4) is 23.0 Å². The molecule has 1 heterocycles. The average molecular weight is 379 g/mol. The maximum atomic E-state index is 14.7. The predicted molar refractivity (Wildman–Crippen MR) is 92.1 cm³/mol. The zero-order valence-electron chi connectivity index (χ0n) is 15.1. The maximum absolute atomic E-state index is 14.7. The van der Waals surface area contributed by atoms with Gasteiger partial charge in [-0.2, -0.15) is 0 Å². The SMILES string of the molecule is CC(C)(C)OC(=O)NCc1ccc(F)c(Oc2ccc3c(c2)OCO3)c1F. The van der Waals surface area contributed by atoms with Gasteiger partial charge in [-0.3, -0.25) is 0 Å². The topological polar surface area (TPSA) is 66.0 Å². The van der Waals surface area contributed by atoms with Crippen LogP contribution >= 0.6 is 0 Å². The highest BCUT2D eigenvalue weighted by Crippen LogP contribution is 2.38. The largest absolute Gasteiger partial charge is 0.454 e. The lowest BCUT2D eigenvalue weighted by Gasteiger charge is -2.20. The minimum atomic E-state index is -0.913. The van der Waals surface area contributed by atoms with Crippen molar-refractivity contribution in [2.45, 2.75) is 32.9 Å². The zero-order valence-corrected chi connectivity index (χ0v) is 15.1. The van der Waals surface area contributed by atoms with Crippen molar-refractivity contribution >= 4 is 6.09 Å². The first-order valence-corrected chi connectivity index (χ1v) is 8.24. The van der Waals surface area contributed by atoms with E-state index in [0.717, 1.165) is 6.07 Å². The van der Waals surface area contributed by atoms with E-state index in [1.807, 2.05) is 0 Å². The molecule has 0 fully saturated rings. The van der Waals surface area contributed by atoms with Crippen LogP contribution in [0.5, 0.6) is 23.0 Å². The molecule has 0 spiro atoms. The summed E-state index contributed by atoms with van der Waals surface area (Å²) in [5.41, 5.74) is -0.628.